The van der Waals surface area contributed by atoms with Crippen molar-refractivity contribution in [1.82, 2.24) is 8.75 Å². The molecule has 0 aliphatic carbocycles. The molecule has 0 aliphatic rings. The zero-order chi connectivity index (χ0) is 23.8. The zero-order valence-electron chi connectivity index (χ0n) is 16.8. The highest BCUT2D eigenvalue weighted by Crippen LogP contribution is 2.36. The van der Waals surface area contributed by atoms with Crippen LogP contribution in [0.4, 0.5) is 23.2 Å². The number of ether oxygens (including phenoxy) is 1. The molecule has 0 radical (unpaired) electrons. The second kappa shape index (κ2) is 7.83. The van der Waals surface area contributed by atoms with Crippen molar-refractivity contribution in [1.29, 1.82) is 0 Å². The predicted octanol–water partition coefficient (Wildman–Crippen LogP) is 3.72. The minimum absolute atomic E-state index is 0.324. The molecule has 0 saturated heterocycles. The number of nitrogens with zero attached hydrogens (tertiary/aromatic N) is 2. The molecule has 0 unspecified atom stereocenters. The molecule has 2 N–H and O–H groups in total. The summed E-state index contributed by atoms with van der Waals surface area (Å²) in [5.74, 6) is -11.3. The van der Waals surface area contributed by atoms with Gasteiger partial charge in [-0.3, -0.25) is 4.79 Å². The number of carboxylic acids is 1. The van der Waals surface area contributed by atoms with Gasteiger partial charge in [0, 0.05) is 0 Å². The van der Waals surface area contributed by atoms with Crippen LogP contribution in [-0.2, 0) is 0 Å². The summed E-state index contributed by atoms with van der Waals surface area (Å²) in [5, 5.41) is 10.5. The number of amides is 1. The maximum Gasteiger partial charge on any atom is 0.358 e. The van der Waals surface area contributed by atoms with Crippen LogP contribution in [0, 0.1) is 23.3 Å². The Bertz CT molecular complexity index is 1210. The highest BCUT2D eigenvalue weighted by molar-refractivity contribution is 6.99. The highest BCUT2D eigenvalue weighted by atomic mass is 32.1. The lowest BCUT2D eigenvalue weighted by Gasteiger charge is -2.13. The smallest absolute Gasteiger partial charge is 0.358 e. The van der Waals surface area contributed by atoms with Gasteiger partial charge in [0.05, 0.1) is 28.4 Å². The van der Waals surface area contributed by atoms with Crippen LogP contribution in [0.2, 0.25) is 0 Å². The van der Waals surface area contributed by atoms with E-state index in [1.54, 1.807) is 5.32 Å². The number of aromatic nitrogens is 2. The molecule has 12 heteroatoms. The number of aromatic carboxylic acids is 1. The number of methoxy groups -OCH3 is 1. The van der Waals surface area contributed by atoms with E-state index in [2.05, 4.69) is 13.5 Å². The van der Waals surface area contributed by atoms with Gasteiger partial charge in [-0.2, -0.15) is 8.75 Å². The van der Waals surface area contributed by atoms with Crippen molar-refractivity contribution in [2.45, 2.75) is 0 Å². The topological polar surface area (TPSA) is 101 Å². The second-order valence-corrected chi connectivity index (χ2v) is 5.88. The van der Waals surface area contributed by atoms with Crippen molar-refractivity contribution in [3.63, 3.8) is 0 Å². The van der Waals surface area contributed by atoms with Gasteiger partial charge in [0.15, 0.2) is 34.7 Å². The van der Waals surface area contributed by atoms with Crippen molar-refractivity contribution in [2.75, 3.05) is 12.4 Å². The fraction of sp³-hybridized carbons (Fsp3) is 0.0588. The normalized spacial score (nSPS) is 12.6. The lowest BCUT2D eigenvalue weighted by molar-refractivity contribution is 0.0687. The van der Waals surface area contributed by atoms with Crippen molar-refractivity contribution < 1.29 is 41.1 Å². The Morgan fingerprint density at radius 3 is 2.38 bits per heavy atom. The third-order valence-corrected chi connectivity index (χ3v) is 4.18. The Balaban J connectivity index is 2.04. The first-order chi connectivity index (χ1) is 14.9. The summed E-state index contributed by atoms with van der Waals surface area (Å²) in [6.07, 6.45) is 0. The van der Waals surface area contributed by atoms with Crippen LogP contribution >= 0.6 is 11.7 Å². The van der Waals surface area contributed by atoms with Crippen LogP contribution in [0.5, 0.6) is 5.75 Å². The van der Waals surface area contributed by atoms with E-state index in [0.29, 0.717) is 11.7 Å². The van der Waals surface area contributed by atoms with Crippen LogP contribution in [0.3, 0.4) is 0 Å². The first kappa shape index (κ1) is 16.4. The Morgan fingerprint density at radius 1 is 1.10 bits per heavy atom. The van der Waals surface area contributed by atoms with Gasteiger partial charge in [-0.05, 0) is 17.7 Å². The van der Waals surface area contributed by atoms with E-state index in [1.165, 1.54) is 0 Å². The average Bonchev–Trinajstić information content (AvgIpc) is 3.19. The van der Waals surface area contributed by atoms with Gasteiger partial charge in [-0.25, -0.2) is 22.4 Å². The number of hydrogen-bond donors (Lipinski definition) is 2. The van der Waals surface area contributed by atoms with E-state index in [0.717, 1.165) is 24.3 Å². The van der Waals surface area contributed by atoms with Crippen LogP contribution in [0.1, 0.15) is 25.1 Å². The maximum atomic E-state index is 14.7. The summed E-state index contributed by atoms with van der Waals surface area (Å²) in [6.45, 7) is 0. The third kappa shape index (κ3) is 3.61. The number of carbonyl (C=O) groups is 2. The number of carbonyl (C=O) groups excluding carboxylic acids is 1. The number of hydrogen-bond acceptors (Lipinski definition) is 6. The number of anilines is 1. The fourth-order valence-electron chi connectivity index (χ4n) is 2.36. The number of carboxylic acid groups (broad SMARTS) is 1. The monoisotopic (exact) mass is 430 g/mol. The first-order valence-corrected chi connectivity index (χ1v) is 8.16. The zero-order valence-corrected chi connectivity index (χ0v) is 14.6. The molecular weight excluding hydrogens is 418 g/mol. The molecule has 29 heavy (non-hydrogen) atoms. The van der Waals surface area contributed by atoms with E-state index in [1.807, 2.05) is 0 Å². The average molecular weight is 430 g/mol. The standard InChI is InChI=1S/C17H9F4N3O4S/c1-28-7-4-2-3-6(5-7)8-9(18)11(20)13(12(21)10(8)19)22-16(25)14-15(17(26)27)24-29-23-14/h2-5H,1H3,(H,22,25)(H,26,27)/i1D3. The minimum Gasteiger partial charge on any atom is -0.497 e. The Labute approximate surface area is 168 Å². The van der Waals surface area contributed by atoms with E-state index < -0.39 is 70.4 Å². The van der Waals surface area contributed by atoms with Crippen LogP contribution in [-0.4, -0.2) is 32.8 Å². The molecule has 0 atom stereocenters. The maximum absolute atomic E-state index is 14.7. The number of halogens is 4. The molecule has 0 fully saturated rings. The summed E-state index contributed by atoms with van der Waals surface area (Å²) in [6, 6.07) is 4.19. The number of nitrogens with one attached hydrogen (secondary N) is 1. The molecule has 1 aromatic heterocycles. The Kier molecular flexibility index (Phi) is 4.43. The lowest BCUT2D eigenvalue weighted by atomic mass is 10.0. The predicted molar refractivity (Wildman–Crippen MR) is 93.1 cm³/mol. The molecule has 0 bridgehead atoms. The van der Waals surface area contributed by atoms with E-state index >= 15 is 0 Å². The molecule has 7 nitrogen and oxygen atoms in total. The van der Waals surface area contributed by atoms with Crippen molar-refractivity contribution in [2.24, 2.45) is 0 Å². The first-order valence-electron chi connectivity index (χ1n) is 8.93. The molecule has 1 amide bonds. The molecule has 3 aromatic rings. The van der Waals surface area contributed by atoms with Gasteiger partial charge in [0.1, 0.15) is 11.4 Å². The third-order valence-electron chi connectivity index (χ3n) is 3.65. The SMILES string of the molecule is [2H]C([2H])([2H])Oc1cccc(-c2c(F)c(F)c(NC(=O)c3nsnc3C(=O)O)c(F)c2F)c1. The number of rotatable bonds is 5. The van der Waals surface area contributed by atoms with Crippen LogP contribution < -0.4 is 10.1 Å². The van der Waals surface area contributed by atoms with Gasteiger partial charge < -0.3 is 15.2 Å². The van der Waals surface area contributed by atoms with Crippen molar-refractivity contribution in [3.8, 4) is 16.9 Å². The van der Waals surface area contributed by atoms with Crippen LogP contribution in [0.25, 0.3) is 11.1 Å². The molecule has 150 valence electrons. The van der Waals surface area contributed by atoms with Gasteiger partial charge in [-0.1, -0.05) is 12.1 Å². The molecule has 3 rings (SSSR count). The summed E-state index contributed by atoms with van der Waals surface area (Å²) in [5.41, 5.74) is -4.80. The van der Waals surface area contributed by atoms with Gasteiger partial charge in [0.25, 0.3) is 5.91 Å². The Morgan fingerprint density at radius 2 is 1.76 bits per heavy atom. The Hall–Kier alpha value is -3.54. The van der Waals surface area contributed by atoms with E-state index in [4.69, 9.17) is 9.22 Å². The molecule has 1 heterocycles. The molecule has 0 aliphatic heterocycles. The molecular formula is C17H9F4N3O4S. The second-order valence-electron chi connectivity index (χ2n) is 5.36. The molecule has 2 aromatic carbocycles. The minimum atomic E-state index is -2.89. The molecule has 0 saturated carbocycles. The number of benzene rings is 2. The van der Waals surface area contributed by atoms with Gasteiger partial charge in [0.2, 0.25) is 0 Å². The van der Waals surface area contributed by atoms with Crippen molar-refractivity contribution in [3.05, 3.63) is 58.9 Å². The van der Waals surface area contributed by atoms with E-state index in [-0.39, 0.29) is 5.75 Å². The lowest BCUT2D eigenvalue weighted by Crippen LogP contribution is -2.19. The summed E-state index contributed by atoms with van der Waals surface area (Å²) in [4.78, 5) is 23.1. The van der Waals surface area contributed by atoms with Gasteiger partial charge in [-0.15, -0.1) is 0 Å². The van der Waals surface area contributed by atoms with Crippen LogP contribution in [0.15, 0.2) is 24.3 Å². The quantitative estimate of drug-likeness (QED) is 0.473. The highest BCUT2D eigenvalue weighted by Gasteiger charge is 2.29. The molecule has 0 spiro atoms. The van der Waals surface area contributed by atoms with Crippen molar-refractivity contribution >= 4 is 29.3 Å². The fourth-order valence-corrected chi connectivity index (χ4v) is 2.90. The van der Waals surface area contributed by atoms with E-state index in [9.17, 15) is 27.2 Å². The summed E-state index contributed by atoms with van der Waals surface area (Å²) < 4.78 is 90.9. The van der Waals surface area contributed by atoms with Gasteiger partial charge >= 0.3 is 5.97 Å². The largest absolute Gasteiger partial charge is 0.497 e. The summed E-state index contributed by atoms with van der Waals surface area (Å²) >= 11 is 0.324. The summed E-state index contributed by atoms with van der Waals surface area (Å²) in [7, 11) is -2.89.